The molecule has 1 N–H and O–H groups in total. The molecule has 1 amide bonds. The Kier molecular flexibility index (Phi) is 4.72. The average molecular weight is 357 g/mol. The Morgan fingerprint density at radius 2 is 2.20 bits per heavy atom. The summed E-state index contributed by atoms with van der Waals surface area (Å²) < 4.78 is 5.81. The van der Waals surface area contributed by atoms with Crippen LogP contribution < -0.4 is 10.1 Å². The summed E-state index contributed by atoms with van der Waals surface area (Å²) in [5, 5.41) is 5.62. The topological polar surface area (TPSA) is 54.5 Å². The second kappa shape index (κ2) is 7.14. The summed E-state index contributed by atoms with van der Waals surface area (Å²) in [5.41, 5.74) is 3.34. The highest BCUT2D eigenvalue weighted by molar-refractivity contribution is 7.13. The van der Waals surface area contributed by atoms with Crippen LogP contribution in [0.3, 0.4) is 0 Å². The van der Waals surface area contributed by atoms with E-state index in [1.54, 1.807) is 0 Å². The minimum atomic E-state index is -0.467. The molecule has 5 nitrogen and oxygen atoms in total. The van der Waals surface area contributed by atoms with E-state index in [9.17, 15) is 4.79 Å². The fraction of sp³-hybridized carbons (Fsp3) is 0.474. The van der Waals surface area contributed by atoms with Crippen LogP contribution in [0.25, 0.3) is 0 Å². The Morgan fingerprint density at radius 3 is 3.00 bits per heavy atom. The molecule has 2 aliphatic rings. The number of hydrogen-bond acceptors (Lipinski definition) is 5. The summed E-state index contributed by atoms with van der Waals surface area (Å²) in [4.78, 5) is 19.5. The molecular weight excluding hydrogens is 334 g/mol. The number of amides is 1. The summed E-state index contributed by atoms with van der Waals surface area (Å²) in [6, 6.07) is 5.94. The van der Waals surface area contributed by atoms with Crippen LogP contribution >= 0.6 is 11.3 Å². The third-order valence-corrected chi connectivity index (χ3v) is 5.74. The largest absolute Gasteiger partial charge is 0.480 e. The highest BCUT2D eigenvalue weighted by Crippen LogP contribution is 2.31. The summed E-state index contributed by atoms with van der Waals surface area (Å²) in [6.07, 6.45) is 4.03. The first-order valence-electron chi connectivity index (χ1n) is 8.92. The van der Waals surface area contributed by atoms with E-state index in [0.717, 1.165) is 36.6 Å². The Hall–Kier alpha value is -1.92. The lowest BCUT2D eigenvalue weighted by atomic mass is 10.0. The van der Waals surface area contributed by atoms with Gasteiger partial charge in [-0.1, -0.05) is 18.6 Å². The molecule has 2 aliphatic heterocycles. The summed E-state index contributed by atoms with van der Waals surface area (Å²) in [6.45, 7) is 5.21. The molecule has 3 heterocycles. The summed E-state index contributed by atoms with van der Waals surface area (Å²) in [5.74, 6) is 0.708. The molecule has 1 saturated heterocycles. The number of ether oxygens (including phenoxy) is 1. The number of carbonyl (C=O) groups excluding carboxylic acids is 1. The Labute approximate surface area is 152 Å². The van der Waals surface area contributed by atoms with Crippen molar-refractivity contribution in [1.82, 2.24) is 9.88 Å². The molecule has 0 spiro atoms. The van der Waals surface area contributed by atoms with Gasteiger partial charge in [0.2, 0.25) is 0 Å². The van der Waals surface area contributed by atoms with E-state index in [4.69, 9.17) is 4.74 Å². The minimum Gasteiger partial charge on any atom is -0.480 e. The van der Waals surface area contributed by atoms with Gasteiger partial charge < -0.3 is 4.74 Å². The number of fused-ring (bicyclic) bond motifs is 1. The van der Waals surface area contributed by atoms with Crippen LogP contribution in [0.15, 0.2) is 23.6 Å². The maximum absolute atomic E-state index is 12.5. The number of nitrogens with zero attached hydrogens (tertiary/aromatic N) is 2. The van der Waals surface area contributed by atoms with Crippen LogP contribution in [0, 0.1) is 6.92 Å². The quantitative estimate of drug-likeness (QED) is 0.911. The van der Waals surface area contributed by atoms with Crippen molar-refractivity contribution in [2.75, 3.05) is 18.4 Å². The summed E-state index contributed by atoms with van der Waals surface area (Å²) in [7, 11) is 0. The smallest absolute Gasteiger partial charge is 0.267 e. The lowest BCUT2D eigenvalue weighted by Crippen LogP contribution is -2.31. The highest BCUT2D eigenvalue weighted by atomic mass is 32.1. The van der Waals surface area contributed by atoms with Crippen LogP contribution in [0.4, 0.5) is 5.13 Å². The summed E-state index contributed by atoms with van der Waals surface area (Å²) >= 11 is 1.49. The predicted molar refractivity (Wildman–Crippen MR) is 99.2 cm³/mol. The van der Waals surface area contributed by atoms with Crippen molar-refractivity contribution in [3.05, 3.63) is 40.4 Å². The first-order valence-corrected chi connectivity index (χ1v) is 9.80. The van der Waals surface area contributed by atoms with Crippen molar-refractivity contribution >= 4 is 22.4 Å². The number of thiazole rings is 1. The zero-order valence-electron chi connectivity index (χ0n) is 14.5. The van der Waals surface area contributed by atoms with Gasteiger partial charge in [-0.05, 0) is 44.5 Å². The van der Waals surface area contributed by atoms with E-state index in [1.807, 2.05) is 17.5 Å². The average Bonchev–Trinajstić information content (AvgIpc) is 3.23. The number of aryl methyl sites for hydroxylation is 1. The third kappa shape index (κ3) is 3.70. The van der Waals surface area contributed by atoms with Crippen molar-refractivity contribution in [3.8, 4) is 5.75 Å². The van der Waals surface area contributed by atoms with Gasteiger partial charge in [0.1, 0.15) is 5.75 Å². The van der Waals surface area contributed by atoms with E-state index in [0.29, 0.717) is 11.6 Å². The van der Waals surface area contributed by atoms with Crippen molar-refractivity contribution in [2.24, 2.45) is 0 Å². The second-order valence-corrected chi connectivity index (χ2v) is 7.69. The monoisotopic (exact) mass is 357 g/mol. The SMILES string of the molecule is Cc1cccc2c1CC(C(=O)Nc1nc(CN3CCCCC3)cs1)O2. The van der Waals surface area contributed by atoms with Crippen LogP contribution in [-0.2, 0) is 17.8 Å². The van der Waals surface area contributed by atoms with Gasteiger partial charge in [0.25, 0.3) is 5.91 Å². The first kappa shape index (κ1) is 16.5. The van der Waals surface area contributed by atoms with Gasteiger partial charge in [-0.2, -0.15) is 0 Å². The molecule has 6 heteroatoms. The van der Waals surface area contributed by atoms with E-state index in [1.165, 1.54) is 36.2 Å². The third-order valence-electron chi connectivity index (χ3n) is 4.93. The standard InChI is InChI=1S/C19H23N3O2S/c1-13-6-5-7-16-15(13)10-17(24-16)18(23)21-19-20-14(12-25-19)11-22-8-3-2-4-9-22/h5-7,12,17H,2-4,8-11H2,1H3,(H,20,21,23). The molecule has 1 aromatic carbocycles. The number of anilines is 1. The molecule has 0 bridgehead atoms. The van der Waals surface area contributed by atoms with Gasteiger partial charge in [0.05, 0.1) is 5.69 Å². The zero-order valence-corrected chi connectivity index (χ0v) is 15.3. The maximum atomic E-state index is 12.5. The molecule has 132 valence electrons. The fourth-order valence-corrected chi connectivity index (χ4v) is 4.25. The van der Waals surface area contributed by atoms with E-state index >= 15 is 0 Å². The first-order chi connectivity index (χ1) is 12.2. The lowest BCUT2D eigenvalue weighted by molar-refractivity contribution is -0.122. The van der Waals surface area contributed by atoms with Crippen molar-refractivity contribution < 1.29 is 9.53 Å². The number of rotatable bonds is 4. The van der Waals surface area contributed by atoms with E-state index < -0.39 is 6.10 Å². The number of hydrogen-bond donors (Lipinski definition) is 1. The van der Waals surface area contributed by atoms with Gasteiger partial charge >= 0.3 is 0 Å². The molecule has 1 unspecified atom stereocenters. The predicted octanol–water partition coefficient (Wildman–Crippen LogP) is 3.38. The molecule has 0 saturated carbocycles. The number of piperidine rings is 1. The Balaban J connectivity index is 1.35. The Bertz CT molecular complexity index is 768. The number of benzene rings is 1. The van der Waals surface area contributed by atoms with Gasteiger partial charge in [0, 0.05) is 23.9 Å². The number of carbonyl (C=O) groups is 1. The van der Waals surface area contributed by atoms with Gasteiger partial charge in [-0.3, -0.25) is 15.0 Å². The molecule has 1 fully saturated rings. The van der Waals surface area contributed by atoms with E-state index in [-0.39, 0.29) is 5.91 Å². The van der Waals surface area contributed by atoms with Gasteiger partial charge in [0.15, 0.2) is 11.2 Å². The van der Waals surface area contributed by atoms with E-state index in [2.05, 4.69) is 28.2 Å². The minimum absolute atomic E-state index is 0.116. The molecule has 2 aromatic rings. The second-order valence-electron chi connectivity index (χ2n) is 6.83. The maximum Gasteiger partial charge on any atom is 0.267 e. The molecule has 1 aromatic heterocycles. The van der Waals surface area contributed by atoms with Crippen LogP contribution in [-0.4, -0.2) is 35.0 Å². The molecule has 0 radical (unpaired) electrons. The van der Waals surface area contributed by atoms with Crippen LogP contribution in [0.1, 0.15) is 36.1 Å². The highest BCUT2D eigenvalue weighted by Gasteiger charge is 2.30. The number of nitrogens with one attached hydrogen (secondary N) is 1. The van der Waals surface area contributed by atoms with Crippen molar-refractivity contribution in [1.29, 1.82) is 0 Å². The molecule has 4 rings (SSSR count). The fourth-order valence-electron chi connectivity index (χ4n) is 3.54. The lowest BCUT2D eigenvalue weighted by Gasteiger charge is -2.25. The molecule has 1 atom stereocenters. The molecule has 0 aliphatic carbocycles. The van der Waals surface area contributed by atoms with Gasteiger partial charge in [-0.25, -0.2) is 4.98 Å². The van der Waals surface area contributed by atoms with Crippen molar-refractivity contribution in [2.45, 2.75) is 45.3 Å². The van der Waals surface area contributed by atoms with Crippen LogP contribution in [0.2, 0.25) is 0 Å². The number of aromatic nitrogens is 1. The van der Waals surface area contributed by atoms with Gasteiger partial charge in [-0.15, -0.1) is 11.3 Å². The zero-order chi connectivity index (χ0) is 17.2. The Morgan fingerprint density at radius 1 is 1.36 bits per heavy atom. The number of likely N-dealkylation sites (tertiary alicyclic amines) is 1. The normalized spacial score (nSPS) is 20.1. The van der Waals surface area contributed by atoms with Crippen molar-refractivity contribution in [3.63, 3.8) is 0 Å². The molecule has 25 heavy (non-hydrogen) atoms. The molecular formula is C19H23N3O2S. The van der Waals surface area contributed by atoms with Crippen LogP contribution in [0.5, 0.6) is 5.75 Å².